The standard InChI is InChI=1S/C10H12FS/c1-8(7-11)9-4-3-5-10(6-9)12-2/h3-6H,7H2,1-2H3. The van der Waals surface area contributed by atoms with Crippen LogP contribution < -0.4 is 0 Å². The highest BCUT2D eigenvalue weighted by Crippen LogP contribution is 2.21. The molecule has 0 aromatic heterocycles. The minimum Gasteiger partial charge on any atom is -0.250 e. The molecule has 1 rings (SSSR count). The molecule has 0 N–H and O–H groups in total. The summed E-state index contributed by atoms with van der Waals surface area (Å²) in [7, 11) is 0. The molecule has 0 aliphatic carbocycles. The second-order valence-electron chi connectivity index (χ2n) is 2.65. The van der Waals surface area contributed by atoms with Crippen molar-refractivity contribution < 1.29 is 4.39 Å². The Hall–Kier alpha value is -0.500. The van der Waals surface area contributed by atoms with E-state index in [1.807, 2.05) is 37.4 Å². The highest BCUT2D eigenvalue weighted by molar-refractivity contribution is 7.98. The summed E-state index contributed by atoms with van der Waals surface area (Å²) in [6.07, 6.45) is 2.02. The molecule has 0 nitrogen and oxygen atoms in total. The molecule has 0 amide bonds. The number of alkyl halides is 1. The number of hydrogen-bond acceptors (Lipinski definition) is 1. The molecule has 65 valence electrons. The smallest absolute Gasteiger partial charge is 0.0997 e. The van der Waals surface area contributed by atoms with E-state index in [4.69, 9.17) is 0 Å². The van der Waals surface area contributed by atoms with Gasteiger partial charge in [0.15, 0.2) is 0 Å². The van der Waals surface area contributed by atoms with Crippen LogP contribution in [0, 0.1) is 5.92 Å². The fraction of sp³-hybridized carbons (Fsp3) is 0.300. The lowest BCUT2D eigenvalue weighted by Crippen LogP contribution is -1.95. The Morgan fingerprint density at radius 2 is 2.25 bits per heavy atom. The molecule has 12 heavy (non-hydrogen) atoms. The highest BCUT2D eigenvalue weighted by atomic mass is 32.2. The highest BCUT2D eigenvalue weighted by Gasteiger charge is 2.04. The van der Waals surface area contributed by atoms with Crippen molar-refractivity contribution in [1.29, 1.82) is 0 Å². The molecule has 0 spiro atoms. The molecule has 1 aromatic rings. The lowest BCUT2D eigenvalue weighted by molar-refractivity contribution is 0.516. The predicted molar refractivity (Wildman–Crippen MR) is 52.2 cm³/mol. The largest absolute Gasteiger partial charge is 0.250 e. The van der Waals surface area contributed by atoms with E-state index in [2.05, 4.69) is 0 Å². The van der Waals surface area contributed by atoms with Gasteiger partial charge in [0.05, 0.1) is 6.67 Å². The van der Waals surface area contributed by atoms with E-state index < -0.39 is 0 Å². The van der Waals surface area contributed by atoms with Gasteiger partial charge in [-0.3, -0.25) is 4.39 Å². The van der Waals surface area contributed by atoms with Crippen LogP contribution in [0.4, 0.5) is 4.39 Å². The van der Waals surface area contributed by atoms with Crippen LogP contribution in [0.5, 0.6) is 0 Å². The average Bonchev–Trinajstić information content (AvgIpc) is 2.17. The molecule has 2 heteroatoms. The van der Waals surface area contributed by atoms with E-state index in [0.717, 1.165) is 11.5 Å². The Kier molecular flexibility index (Phi) is 3.60. The number of rotatable bonds is 3. The fourth-order valence-corrected chi connectivity index (χ4v) is 1.43. The van der Waals surface area contributed by atoms with Gasteiger partial charge in [0.2, 0.25) is 0 Å². The first-order valence-corrected chi connectivity index (χ1v) is 5.03. The topological polar surface area (TPSA) is 0 Å². The zero-order valence-electron chi connectivity index (χ0n) is 7.30. The zero-order valence-corrected chi connectivity index (χ0v) is 8.12. The normalized spacial score (nSPS) is 10.7. The molecule has 1 aromatic carbocycles. The van der Waals surface area contributed by atoms with E-state index in [9.17, 15) is 4.39 Å². The van der Waals surface area contributed by atoms with Crippen LogP contribution in [0.1, 0.15) is 12.5 Å². The van der Waals surface area contributed by atoms with Crippen LogP contribution >= 0.6 is 11.8 Å². The third-order valence-electron chi connectivity index (χ3n) is 1.76. The van der Waals surface area contributed by atoms with E-state index in [1.165, 1.54) is 4.90 Å². The third-order valence-corrected chi connectivity index (χ3v) is 2.49. The van der Waals surface area contributed by atoms with Crippen LogP contribution in [0.15, 0.2) is 29.2 Å². The summed E-state index contributed by atoms with van der Waals surface area (Å²) in [6.45, 7) is 1.46. The average molecular weight is 183 g/mol. The molecule has 0 aliphatic heterocycles. The quantitative estimate of drug-likeness (QED) is 0.648. The van der Waals surface area contributed by atoms with Gasteiger partial charge in [-0.1, -0.05) is 19.1 Å². The molecule has 0 bridgehead atoms. The summed E-state index contributed by atoms with van der Waals surface area (Å²) in [6, 6.07) is 7.94. The van der Waals surface area contributed by atoms with Gasteiger partial charge in [0.25, 0.3) is 0 Å². The Morgan fingerprint density at radius 3 is 2.83 bits per heavy atom. The Bertz CT molecular complexity index is 247. The molecule has 0 saturated heterocycles. The molecule has 0 unspecified atom stereocenters. The number of halogens is 1. The predicted octanol–water partition coefficient (Wildman–Crippen LogP) is 3.32. The van der Waals surface area contributed by atoms with Crippen molar-refractivity contribution in [2.75, 3.05) is 12.9 Å². The van der Waals surface area contributed by atoms with Crippen molar-refractivity contribution in [3.05, 3.63) is 35.7 Å². The first kappa shape index (κ1) is 9.59. The van der Waals surface area contributed by atoms with Crippen LogP contribution in [-0.2, 0) is 0 Å². The summed E-state index contributed by atoms with van der Waals surface area (Å²) in [5.41, 5.74) is 1.00. The second kappa shape index (κ2) is 4.51. The Morgan fingerprint density at radius 1 is 1.50 bits per heavy atom. The first-order chi connectivity index (χ1) is 5.77. The van der Waals surface area contributed by atoms with Gasteiger partial charge < -0.3 is 0 Å². The maximum absolute atomic E-state index is 12.3. The lowest BCUT2D eigenvalue weighted by atomic mass is 10.0. The van der Waals surface area contributed by atoms with Crippen molar-refractivity contribution >= 4 is 11.8 Å². The minimum absolute atomic E-state index is 0.363. The van der Waals surface area contributed by atoms with E-state index in [1.54, 1.807) is 11.8 Å². The summed E-state index contributed by atoms with van der Waals surface area (Å²) < 4.78 is 12.3. The van der Waals surface area contributed by atoms with Crippen molar-refractivity contribution in [3.63, 3.8) is 0 Å². The number of thioether (sulfide) groups is 1. The van der Waals surface area contributed by atoms with Crippen LogP contribution in [0.25, 0.3) is 0 Å². The maximum Gasteiger partial charge on any atom is 0.0997 e. The van der Waals surface area contributed by atoms with Gasteiger partial charge >= 0.3 is 0 Å². The monoisotopic (exact) mass is 183 g/mol. The summed E-state index contributed by atoms with van der Waals surface area (Å²) in [5, 5.41) is 0. The molecular formula is C10H12FS. The van der Waals surface area contributed by atoms with E-state index in [-0.39, 0.29) is 6.67 Å². The lowest BCUT2D eigenvalue weighted by Gasteiger charge is -2.06. The van der Waals surface area contributed by atoms with Crippen molar-refractivity contribution in [1.82, 2.24) is 0 Å². The van der Waals surface area contributed by atoms with Crippen molar-refractivity contribution in [3.8, 4) is 0 Å². The summed E-state index contributed by atoms with van der Waals surface area (Å²) >= 11 is 1.68. The molecule has 0 atom stereocenters. The zero-order chi connectivity index (χ0) is 8.97. The van der Waals surface area contributed by atoms with E-state index >= 15 is 0 Å². The fourth-order valence-electron chi connectivity index (χ4n) is 0.966. The molecule has 0 fully saturated rings. The van der Waals surface area contributed by atoms with Gasteiger partial charge in [-0.25, -0.2) is 0 Å². The molecular weight excluding hydrogens is 171 g/mol. The SMILES string of the molecule is CSc1cccc([C](C)CF)c1. The molecule has 0 aliphatic rings. The van der Waals surface area contributed by atoms with Gasteiger partial charge in [-0.05, 0) is 24.0 Å². The minimum atomic E-state index is -0.363. The van der Waals surface area contributed by atoms with Gasteiger partial charge in [-0.15, -0.1) is 11.8 Å². The van der Waals surface area contributed by atoms with Gasteiger partial charge in [0.1, 0.15) is 0 Å². The molecule has 0 saturated carbocycles. The Balaban J connectivity index is 2.86. The number of benzene rings is 1. The van der Waals surface area contributed by atoms with E-state index in [0.29, 0.717) is 0 Å². The van der Waals surface area contributed by atoms with Crippen LogP contribution in [0.2, 0.25) is 0 Å². The second-order valence-corrected chi connectivity index (χ2v) is 3.53. The van der Waals surface area contributed by atoms with Crippen molar-refractivity contribution in [2.24, 2.45) is 0 Å². The first-order valence-electron chi connectivity index (χ1n) is 3.80. The summed E-state index contributed by atoms with van der Waals surface area (Å²) in [4.78, 5) is 1.18. The van der Waals surface area contributed by atoms with Crippen LogP contribution in [-0.4, -0.2) is 12.9 Å². The third kappa shape index (κ3) is 2.24. The molecule has 0 heterocycles. The number of hydrogen-bond donors (Lipinski definition) is 0. The Labute approximate surface area is 77.2 Å². The van der Waals surface area contributed by atoms with Crippen LogP contribution in [0.3, 0.4) is 0 Å². The van der Waals surface area contributed by atoms with Gasteiger partial charge in [0, 0.05) is 10.8 Å². The maximum atomic E-state index is 12.3. The molecule has 1 radical (unpaired) electrons. The van der Waals surface area contributed by atoms with Crippen molar-refractivity contribution in [2.45, 2.75) is 11.8 Å². The van der Waals surface area contributed by atoms with Gasteiger partial charge in [-0.2, -0.15) is 0 Å². The summed E-state index contributed by atoms with van der Waals surface area (Å²) in [5.74, 6) is 0.797.